The Morgan fingerprint density at radius 2 is 1.95 bits per heavy atom. The number of H-pyrrole nitrogens is 1. The van der Waals surface area contributed by atoms with Crippen LogP contribution in [0.1, 0.15) is 26.7 Å². The van der Waals surface area contributed by atoms with Crippen LogP contribution in [0.5, 0.6) is 0 Å². The summed E-state index contributed by atoms with van der Waals surface area (Å²) in [7, 11) is 0.786. The monoisotopic (exact) mass is 337 g/mol. The molecule has 2 N–H and O–H groups in total. The van der Waals surface area contributed by atoms with E-state index in [-0.39, 0.29) is 6.04 Å². The van der Waals surface area contributed by atoms with E-state index in [4.69, 9.17) is 10.7 Å². The van der Waals surface area contributed by atoms with E-state index in [1.807, 2.05) is 18.8 Å². The Morgan fingerprint density at radius 1 is 1.38 bits per heavy atom. The first kappa shape index (κ1) is 17.4. The minimum atomic E-state index is -4.30. The molecule has 1 heterocycles. The molecule has 0 radical (unpaired) electrons. The summed E-state index contributed by atoms with van der Waals surface area (Å²) in [5, 5.41) is 2.69. The van der Waals surface area contributed by atoms with E-state index < -0.39 is 37.6 Å². The standard InChI is InChI=1S/C11H16ClN3O5S/c1-3-7(4-2)13-9(16)6-15-5-8(21(12,19)20)10(17)14-11(15)18/h5,7H,3-4,6H2,1-2H3,(H,13,16)(H,14,17,18). The number of hydrogen-bond acceptors (Lipinski definition) is 5. The second-order valence-corrected chi connectivity index (χ2v) is 6.93. The maximum Gasteiger partial charge on any atom is 0.328 e. The molecule has 1 aromatic heterocycles. The highest BCUT2D eigenvalue weighted by Crippen LogP contribution is 2.07. The van der Waals surface area contributed by atoms with Crippen LogP contribution in [0.15, 0.2) is 20.7 Å². The average Bonchev–Trinajstić information content (AvgIpc) is 2.37. The highest BCUT2D eigenvalue weighted by Gasteiger charge is 2.18. The van der Waals surface area contributed by atoms with Crippen molar-refractivity contribution in [3.05, 3.63) is 27.0 Å². The molecule has 10 heteroatoms. The van der Waals surface area contributed by atoms with Crippen molar-refractivity contribution in [1.29, 1.82) is 0 Å². The highest BCUT2D eigenvalue weighted by molar-refractivity contribution is 8.13. The van der Waals surface area contributed by atoms with E-state index in [9.17, 15) is 22.8 Å². The predicted octanol–water partition coefficient (Wildman–Crippen LogP) is -0.231. The lowest BCUT2D eigenvalue weighted by Gasteiger charge is -2.15. The van der Waals surface area contributed by atoms with Crippen LogP contribution >= 0.6 is 10.7 Å². The summed E-state index contributed by atoms with van der Waals surface area (Å²) in [6, 6.07) is -0.0350. The summed E-state index contributed by atoms with van der Waals surface area (Å²) in [5.74, 6) is -0.462. The van der Waals surface area contributed by atoms with E-state index >= 15 is 0 Å². The first-order valence-electron chi connectivity index (χ1n) is 6.26. The molecular formula is C11H16ClN3O5S. The van der Waals surface area contributed by atoms with Gasteiger partial charge in [-0.25, -0.2) is 13.2 Å². The van der Waals surface area contributed by atoms with Gasteiger partial charge in [0.1, 0.15) is 6.54 Å². The molecule has 0 saturated carbocycles. The normalized spacial score (nSPS) is 11.6. The summed E-state index contributed by atoms with van der Waals surface area (Å²) < 4.78 is 23.2. The third-order valence-electron chi connectivity index (χ3n) is 2.91. The van der Waals surface area contributed by atoms with Crippen molar-refractivity contribution >= 4 is 25.6 Å². The number of carbonyl (C=O) groups excluding carboxylic acids is 1. The minimum Gasteiger partial charge on any atom is -0.352 e. The van der Waals surface area contributed by atoms with Crippen molar-refractivity contribution < 1.29 is 13.2 Å². The summed E-state index contributed by atoms with van der Waals surface area (Å²) in [6.45, 7) is 3.39. The van der Waals surface area contributed by atoms with Gasteiger partial charge in [0, 0.05) is 22.9 Å². The minimum absolute atomic E-state index is 0.0350. The predicted molar refractivity (Wildman–Crippen MR) is 76.9 cm³/mol. The van der Waals surface area contributed by atoms with Gasteiger partial charge < -0.3 is 5.32 Å². The lowest BCUT2D eigenvalue weighted by molar-refractivity contribution is -0.122. The van der Waals surface area contributed by atoms with Gasteiger partial charge in [0.2, 0.25) is 5.91 Å². The van der Waals surface area contributed by atoms with Crippen molar-refractivity contribution in [2.75, 3.05) is 0 Å². The van der Waals surface area contributed by atoms with Gasteiger partial charge in [-0.15, -0.1) is 0 Å². The molecule has 1 aromatic rings. The Hall–Kier alpha value is -1.61. The van der Waals surface area contributed by atoms with E-state index in [1.54, 1.807) is 0 Å². The summed E-state index contributed by atoms with van der Waals surface area (Å²) in [6.07, 6.45) is 2.21. The molecule has 0 aliphatic heterocycles. The number of nitrogens with zero attached hydrogens (tertiary/aromatic N) is 1. The zero-order chi connectivity index (χ0) is 16.2. The van der Waals surface area contributed by atoms with Crippen LogP contribution < -0.4 is 16.6 Å². The molecule has 0 bridgehead atoms. The third-order valence-corrected chi connectivity index (χ3v) is 4.22. The van der Waals surface area contributed by atoms with E-state index in [1.165, 1.54) is 0 Å². The Kier molecular flexibility index (Phi) is 5.73. The fourth-order valence-electron chi connectivity index (χ4n) is 1.70. The lowest BCUT2D eigenvalue weighted by Crippen LogP contribution is -2.40. The molecule has 8 nitrogen and oxygen atoms in total. The van der Waals surface area contributed by atoms with Gasteiger partial charge in [-0.2, -0.15) is 0 Å². The Balaban J connectivity index is 3.07. The molecule has 0 aliphatic carbocycles. The molecule has 0 fully saturated rings. The third kappa shape index (κ3) is 4.71. The molecular weight excluding hydrogens is 322 g/mol. The largest absolute Gasteiger partial charge is 0.352 e. The molecule has 0 saturated heterocycles. The molecule has 0 aliphatic rings. The highest BCUT2D eigenvalue weighted by atomic mass is 35.7. The maximum atomic E-state index is 11.8. The van der Waals surface area contributed by atoms with Gasteiger partial charge in [-0.3, -0.25) is 19.1 Å². The van der Waals surface area contributed by atoms with Crippen LogP contribution in [0.25, 0.3) is 0 Å². The number of nitrogens with one attached hydrogen (secondary N) is 2. The first-order valence-corrected chi connectivity index (χ1v) is 8.57. The van der Waals surface area contributed by atoms with Crippen LogP contribution in [-0.2, 0) is 20.4 Å². The molecule has 118 valence electrons. The van der Waals surface area contributed by atoms with Crippen molar-refractivity contribution in [2.24, 2.45) is 0 Å². The maximum absolute atomic E-state index is 11.8. The lowest BCUT2D eigenvalue weighted by atomic mass is 10.2. The SMILES string of the molecule is CCC(CC)NC(=O)Cn1cc(S(=O)(=O)Cl)c(=O)[nH]c1=O. The molecule has 1 rings (SSSR count). The molecule has 0 spiro atoms. The van der Waals surface area contributed by atoms with Gasteiger partial charge >= 0.3 is 5.69 Å². The average molecular weight is 338 g/mol. The molecule has 1 amide bonds. The van der Waals surface area contributed by atoms with Gasteiger partial charge in [-0.1, -0.05) is 13.8 Å². The van der Waals surface area contributed by atoms with Crippen LogP contribution in [0, 0.1) is 0 Å². The van der Waals surface area contributed by atoms with Crippen molar-refractivity contribution in [3.63, 3.8) is 0 Å². The Labute approximate surface area is 125 Å². The van der Waals surface area contributed by atoms with Crippen LogP contribution in [0.4, 0.5) is 0 Å². The zero-order valence-electron chi connectivity index (χ0n) is 11.6. The summed E-state index contributed by atoms with van der Waals surface area (Å²) in [5.41, 5.74) is -2.00. The topological polar surface area (TPSA) is 118 Å². The fraction of sp³-hybridized carbons (Fsp3) is 0.545. The van der Waals surface area contributed by atoms with Gasteiger partial charge in [-0.05, 0) is 12.8 Å². The van der Waals surface area contributed by atoms with Crippen LogP contribution in [0.2, 0.25) is 0 Å². The quantitative estimate of drug-likeness (QED) is 0.695. The van der Waals surface area contributed by atoms with Gasteiger partial charge in [0.05, 0.1) is 0 Å². The van der Waals surface area contributed by atoms with Gasteiger partial charge in [0.15, 0.2) is 4.90 Å². The van der Waals surface area contributed by atoms with Crippen LogP contribution in [-0.4, -0.2) is 29.9 Å². The number of amides is 1. The fourth-order valence-corrected chi connectivity index (χ4v) is 2.56. The summed E-state index contributed by atoms with van der Waals surface area (Å²) >= 11 is 0. The second-order valence-electron chi connectivity index (χ2n) is 4.40. The molecule has 0 unspecified atom stereocenters. The number of rotatable bonds is 6. The second kappa shape index (κ2) is 6.90. The number of hydrogen-bond donors (Lipinski definition) is 2. The number of carbonyl (C=O) groups is 1. The Bertz CT molecular complexity index is 733. The zero-order valence-corrected chi connectivity index (χ0v) is 13.1. The van der Waals surface area contributed by atoms with E-state index in [2.05, 4.69) is 5.32 Å². The van der Waals surface area contributed by atoms with Crippen molar-refractivity contribution in [3.8, 4) is 0 Å². The van der Waals surface area contributed by atoms with E-state index in [0.29, 0.717) is 0 Å². The van der Waals surface area contributed by atoms with Crippen molar-refractivity contribution in [2.45, 2.75) is 44.2 Å². The van der Waals surface area contributed by atoms with E-state index in [0.717, 1.165) is 23.6 Å². The molecule has 21 heavy (non-hydrogen) atoms. The van der Waals surface area contributed by atoms with Crippen molar-refractivity contribution in [1.82, 2.24) is 14.9 Å². The Morgan fingerprint density at radius 3 is 2.43 bits per heavy atom. The number of aromatic amines is 1. The number of aromatic nitrogens is 2. The molecule has 0 aromatic carbocycles. The first-order chi connectivity index (χ1) is 9.68. The van der Waals surface area contributed by atoms with Gasteiger partial charge in [0.25, 0.3) is 14.6 Å². The smallest absolute Gasteiger partial charge is 0.328 e. The number of halogens is 1. The van der Waals surface area contributed by atoms with Crippen LogP contribution in [0.3, 0.4) is 0 Å². The molecule has 0 atom stereocenters. The summed E-state index contributed by atoms with van der Waals surface area (Å²) in [4.78, 5) is 35.8.